The molecule has 0 aliphatic carbocycles. The van der Waals surface area contributed by atoms with Gasteiger partial charge in [-0.2, -0.15) is 0 Å². The van der Waals surface area contributed by atoms with Crippen LogP contribution in [0.1, 0.15) is 60.1 Å². The average Bonchev–Trinajstić information content (AvgIpc) is 2.69. The molecule has 1 aromatic carbocycles. The lowest BCUT2D eigenvalue weighted by Crippen LogP contribution is -2.10. The highest BCUT2D eigenvalue weighted by atomic mass is 35.5. The number of carbonyl (C=O) groups is 1. The monoisotopic (exact) mass is 408 g/mol. The number of nitrogens with zero attached hydrogens (tertiary/aromatic N) is 3. The van der Waals surface area contributed by atoms with E-state index in [1.165, 1.54) is 17.5 Å². The van der Waals surface area contributed by atoms with Crippen LogP contribution in [0.4, 0.5) is 5.82 Å². The quantitative estimate of drug-likeness (QED) is 0.592. The van der Waals surface area contributed by atoms with E-state index >= 15 is 0 Å². The third-order valence-electron chi connectivity index (χ3n) is 4.81. The lowest BCUT2D eigenvalue weighted by molar-refractivity contribution is 0.0978. The first-order valence-corrected chi connectivity index (χ1v) is 9.94. The first-order valence-electron chi connectivity index (χ1n) is 9.56. The van der Waals surface area contributed by atoms with E-state index in [1.54, 1.807) is 0 Å². The van der Waals surface area contributed by atoms with Gasteiger partial charge < -0.3 is 5.73 Å². The number of ketones is 1. The van der Waals surface area contributed by atoms with E-state index in [9.17, 15) is 4.79 Å². The number of anilines is 1. The van der Waals surface area contributed by atoms with Crippen molar-refractivity contribution in [2.45, 2.75) is 45.4 Å². The molecule has 3 rings (SSSR count). The zero-order valence-electron chi connectivity index (χ0n) is 16.9. The molecule has 3 aromatic rings. The van der Waals surface area contributed by atoms with Crippen molar-refractivity contribution in [3.63, 3.8) is 0 Å². The SMILES string of the molecule is CC(C)(C)c1ccc(Cc2ccc(CCC(=O)c3ncnc(N)c3Cl)cn2)cc1. The molecule has 5 nitrogen and oxygen atoms in total. The van der Waals surface area contributed by atoms with Crippen LogP contribution in [0.3, 0.4) is 0 Å². The second kappa shape index (κ2) is 8.70. The molecule has 2 N–H and O–H groups in total. The number of nitrogens with two attached hydrogens (primary N) is 1. The molecular formula is C23H25ClN4O. The zero-order valence-corrected chi connectivity index (χ0v) is 17.7. The Morgan fingerprint density at radius 1 is 1.00 bits per heavy atom. The number of nitrogen functional groups attached to an aromatic ring is 1. The van der Waals surface area contributed by atoms with Gasteiger partial charge in [0, 0.05) is 24.7 Å². The van der Waals surface area contributed by atoms with Gasteiger partial charge in [-0.15, -0.1) is 0 Å². The summed E-state index contributed by atoms with van der Waals surface area (Å²) in [6.07, 6.45) is 4.69. The number of hydrogen-bond donors (Lipinski definition) is 1. The van der Waals surface area contributed by atoms with E-state index in [4.69, 9.17) is 17.3 Å². The van der Waals surface area contributed by atoms with Crippen molar-refractivity contribution in [2.24, 2.45) is 0 Å². The second-order valence-electron chi connectivity index (χ2n) is 8.13. The number of hydrogen-bond acceptors (Lipinski definition) is 5. The van der Waals surface area contributed by atoms with Crippen LogP contribution in [0.2, 0.25) is 5.02 Å². The molecule has 29 heavy (non-hydrogen) atoms. The minimum atomic E-state index is -0.160. The van der Waals surface area contributed by atoms with Gasteiger partial charge in [-0.3, -0.25) is 9.78 Å². The molecule has 0 fully saturated rings. The summed E-state index contributed by atoms with van der Waals surface area (Å²) in [5.74, 6) is -0.0429. The van der Waals surface area contributed by atoms with Gasteiger partial charge in [0.15, 0.2) is 5.78 Å². The van der Waals surface area contributed by atoms with Crippen LogP contribution in [-0.4, -0.2) is 20.7 Å². The van der Waals surface area contributed by atoms with Crippen LogP contribution in [0.25, 0.3) is 0 Å². The molecule has 0 saturated heterocycles. The van der Waals surface area contributed by atoms with E-state index in [-0.39, 0.29) is 34.2 Å². The Bertz CT molecular complexity index is 993. The Balaban J connectivity index is 1.59. The van der Waals surface area contributed by atoms with Gasteiger partial charge in [-0.1, -0.05) is 62.7 Å². The van der Waals surface area contributed by atoms with Gasteiger partial charge in [0.05, 0.1) is 0 Å². The smallest absolute Gasteiger partial charge is 0.183 e. The number of pyridine rings is 1. The highest BCUT2D eigenvalue weighted by Crippen LogP contribution is 2.23. The number of aryl methyl sites for hydroxylation is 1. The van der Waals surface area contributed by atoms with Crippen molar-refractivity contribution < 1.29 is 4.79 Å². The molecule has 0 bridgehead atoms. The zero-order chi connectivity index (χ0) is 21.0. The third-order valence-corrected chi connectivity index (χ3v) is 5.19. The highest BCUT2D eigenvalue weighted by molar-refractivity contribution is 6.35. The molecule has 2 heterocycles. The van der Waals surface area contributed by atoms with Crippen molar-refractivity contribution in [2.75, 3.05) is 5.73 Å². The summed E-state index contributed by atoms with van der Waals surface area (Å²) < 4.78 is 0. The number of halogens is 1. The maximum absolute atomic E-state index is 12.3. The fourth-order valence-electron chi connectivity index (χ4n) is 2.99. The Kier molecular flexibility index (Phi) is 6.28. The number of benzene rings is 1. The molecule has 0 unspecified atom stereocenters. The van der Waals surface area contributed by atoms with Crippen molar-refractivity contribution in [1.82, 2.24) is 15.0 Å². The van der Waals surface area contributed by atoms with Crippen molar-refractivity contribution in [1.29, 1.82) is 0 Å². The Hall–Kier alpha value is -2.79. The number of aromatic nitrogens is 3. The molecule has 0 amide bonds. The Morgan fingerprint density at radius 2 is 1.69 bits per heavy atom. The van der Waals surface area contributed by atoms with E-state index in [0.29, 0.717) is 6.42 Å². The van der Waals surface area contributed by atoms with Gasteiger partial charge in [-0.25, -0.2) is 9.97 Å². The summed E-state index contributed by atoms with van der Waals surface area (Å²) >= 11 is 6.02. The standard InChI is InChI=1S/C23H25ClN4O/c1-23(2,3)17-8-4-15(5-9-17)12-18-10-6-16(13-26-18)7-11-19(29)21-20(24)22(25)28-14-27-21/h4-6,8-10,13-14H,7,11-12H2,1-3H3,(H2,25,27,28). The molecule has 0 spiro atoms. The summed E-state index contributed by atoms with van der Waals surface area (Å²) in [7, 11) is 0. The maximum Gasteiger partial charge on any atom is 0.183 e. The molecule has 0 saturated carbocycles. The van der Waals surface area contributed by atoms with Crippen molar-refractivity contribution in [3.05, 3.63) is 82.0 Å². The fraction of sp³-hybridized carbons (Fsp3) is 0.304. The van der Waals surface area contributed by atoms with Crippen LogP contribution in [0.5, 0.6) is 0 Å². The van der Waals surface area contributed by atoms with Gasteiger partial charge in [0.25, 0.3) is 0 Å². The molecular weight excluding hydrogens is 384 g/mol. The lowest BCUT2D eigenvalue weighted by atomic mass is 9.86. The van der Waals surface area contributed by atoms with Crippen LogP contribution in [-0.2, 0) is 18.3 Å². The van der Waals surface area contributed by atoms with E-state index in [1.807, 2.05) is 18.3 Å². The van der Waals surface area contributed by atoms with E-state index in [2.05, 4.69) is 60.0 Å². The third kappa shape index (κ3) is 5.39. The first-order chi connectivity index (χ1) is 13.7. The largest absolute Gasteiger partial charge is 0.382 e. The van der Waals surface area contributed by atoms with Crippen LogP contribution >= 0.6 is 11.6 Å². The van der Waals surface area contributed by atoms with Gasteiger partial charge in [-0.05, 0) is 34.6 Å². The summed E-state index contributed by atoms with van der Waals surface area (Å²) in [6, 6.07) is 12.7. The maximum atomic E-state index is 12.3. The average molecular weight is 409 g/mol. The molecule has 6 heteroatoms. The molecule has 0 atom stereocenters. The van der Waals surface area contributed by atoms with Gasteiger partial charge in [0.2, 0.25) is 0 Å². The number of Topliss-reactive ketones (excluding diaryl/α,β-unsaturated/α-hetero) is 1. The topological polar surface area (TPSA) is 81.8 Å². The normalized spacial score (nSPS) is 11.4. The Labute approximate surface area is 176 Å². The second-order valence-corrected chi connectivity index (χ2v) is 8.50. The Morgan fingerprint density at radius 3 is 2.31 bits per heavy atom. The predicted octanol–water partition coefficient (Wildman–Crippen LogP) is 4.81. The van der Waals surface area contributed by atoms with Gasteiger partial charge >= 0.3 is 0 Å². The summed E-state index contributed by atoms with van der Waals surface area (Å²) in [5, 5.41) is 0.114. The molecule has 0 radical (unpaired) electrons. The number of rotatable bonds is 6. The van der Waals surface area contributed by atoms with Gasteiger partial charge in [0.1, 0.15) is 22.9 Å². The molecule has 0 aliphatic heterocycles. The number of carbonyl (C=O) groups excluding carboxylic acids is 1. The first kappa shape index (κ1) is 20.9. The minimum Gasteiger partial charge on any atom is -0.382 e. The highest BCUT2D eigenvalue weighted by Gasteiger charge is 2.15. The van der Waals surface area contributed by atoms with E-state index < -0.39 is 0 Å². The summed E-state index contributed by atoms with van der Waals surface area (Å²) in [4.78, 5) is 24.6. The van der Waals surface area contributed by atoms with Crippen molar-refractivity contribution in [3.8, 4) is 0 Å². The van der Waals surface area contributed by atoms with Crippen LogP contribution in [0, 0.1) is 0 Å². The predicted molar refractivity (Wildman–Crippen MR) is 116 cm³/mol. The summed E-state index contributed by atoms with van der Waals surface area (Å²) in [6.45, 7) is 6.63. The fourth-order valence-corrected chi connectivity index (χ4v) is 3.20. The summed E-state index contributed by atoms with van der Waals surface area (Å²) in [5.41, 5.74) is 10.5. The lowest BCUT2D eigenvalue weighted by Gasteiger charge is -2.19. The van der Waals surface area contributed by atoms with Crippen LogP contribution < -0.4 is 5.73 Å². The van der Waals surface area contributed by atoms with Crippen molar-refractivity contribution >= 4 is 23.2 Å². The molecule has 150 valence electrons. The van der Waals surface area contributed by atoms with Crippen LogP contribution in [0.15, 0.2) is 48.9 Å². The molecule has 0 aliphatic rings. The minimum absolute atomic E-state index is 0.114. The molecule has 2 aromatic heterocycles. The van der Waals surface area contributed by atoms with E-state index in [0.717, 1.165) is 17.7 Å².